The number of halogens is 2. The molecule has 3 aliphatic rings. The van der Waals surface area contributed by atoms with Gasteiger partial charge in [-0.2, -0.15) is 0 Å². The average molecular weight is 408 g/mol. The van der Waals surface area contributed by atoms with Gasteiger partial charge in [-0.25, -0.2) is 4.39 Å². The summed E-state index contributed by atoms with van der Waals surface area (Å²) in [5, 5.41) is 0.487. The molecule has 0 radical (unpaired) electrons. The Bertz CT molecular complexity index is 863. The average Bonchev–Trinajstić information content (AvgIpc) is 3.32. The third-order valence-electron chi connectivity index (χ3n) is 5.27. The first kappa shape index (κ1) is 20.1. The molecule has 4 rings (SSSR count). The Kier molecular flexibility index (Phi) is 5.77. The fraction of sp³-hybridized carbons (Fsp3) is 0.450. The van der Waals surface area contributed by atoms with Gasteiger partial charge in [-0.3, -0.25) is 14.8 Å². The number of benzene rings is 1. The molecule has 0 unspecified atom stereocenters. The molecular formula is C20H23ClFN3OS. The minimum absolute atomic E-state index is 0. The van der Waals surface area contributed by atoms with Crippen molar-refractivity contribution in [1.29, 1.82) is 0 Å². The van der Waals surface area contributed by atoms with E-state index in [1.807, 2.05) is 13.0 Å². The van der Waals surface area contributed by atoms with Crippen LogP contribution in [-0.2, 0) is 16.8 Å². The number of nitrogens with zero attached hydrogens (tertiary/aromatic N) is 2. The maximum Gasteiger partial charge on any atom is 0.168 e. The number of nitrogens with two attached hydrogens (primary N) is 1. The number of aliphatic imine (C=N–C) groups is 2. The molecule has 0 aromatic heterocycles. The van der Waals surface area contributed by atoms with Gasteiger partial charge in [-0.1, -0.05) is 23.9 Å². The van der Waals surface area contributed by atoms with Crippen LogP contribution in [0.2, 0.25) is 0 Å². The number of thioether (sulfide) groups is 1. The fourth-order valence-electron chi connectivity index (χ4n) is 3.64. The van der Waals surface area contributed by atoms with Gasteiger partial charge in [-0.15, -0.1) is 12.4 Å². The van der Waals surface area contributed by atoms with Crippen molar-refractivity contribution in [1.82, 2.24) is 0 Å². The van der Waals surface area contributed by atoms with Crippen LogP contribution in [0, 0.1) is 11.7 Å². The van der Waals surface area contributed by atoms with Crippen LogP contribution in [0.4, 0.5) is 4.39 Å². The SMILES string of the molecule is C[C@@]1(c2cc(CC(=O)C3=CCN=C3C3CC3)ccc2F)CCSC(N)=N1.Cl. The maximum atomic E-state index is 14.5. The van der Waals surface area contributed by atoms with Crippen molar-refractivity contribution in [3.63, 3.8) is 0 Å². The number of hydrogen-bond acceptors (Lipinski definition) is 5. The molecule has 2 aliphatic heterocycles. The van der Waals surface area contributed by atoms with Crippen molar-refractivity contribution in [3.8, 4) is 0 Å². The van der Waals surface area contributed by atoms with Crippen molar-refractivity contribution in [3.05, 3.63) is 46.8 Å². The molecular weight excluding hydrogens is 385 g/mol. The van der Waals surface area contributed by atoms with E-state index in [0.29, 0.717) is 23.2 Å². The Morgan fingerprint density at radius 2 is 2.19 bits per heavy atom. The van der Waals surface area contributed by atoms with Gasteiger partial charge in [0.2, 0.25) is 0 Å². The van der Waals surface area contributed by atoms with Crippen LogP contribution >= 0.6 is 24.2 Å². The lowest BCUT2D eigenvalue weighted by atomic mass is 9.87. The Hall–Kier alpha value is -1.66. The molecule has 0 spiro atoms. The van der Waals surface area contributed by atoms with E-state index in [-0.39, 0.29) is 30.4 Å². The van der Waals surface area contributed by atoms with Crippen molar-refractivity contribution in [2.45, 2.75) is 38.1 Å². The summed E-state index contributed by atoms with van der Waals surface area (Å²) in [5.74, 6) is 1.04. The normalized spacial score (nSPS) is 24.6. The molecule has 144 valence electrons. The number of carbonyl (C=O) groups is 1. The standard InChI is InChI=1S/C20H22FN3OS.ClH/c1-20(7-9-26-19(22)24-20)15-10-12(2-5-16(15)21)11-17(25)14-6-8-23-18(14)13-3-4-13;/h2,5-6,10,13H,3-4,7-9,11H2,1H3,(H2,22,24);1H/t20-;/m0./s1. The molecule has 27 heavy (non-hydrogen) atoms. The zero-order chi connectivity index (χ0) is 18.3. The van der Waals surface area contributed by atoms with E-state index < -0.39 is 5.54 Å². The van der Waals surface area contributed by atoms with Gasteiger partial charge in [0.1, 0.15) is 5.82 Å². The molecule has 7 heteroatoms. The zero-order valence-electron chi connectivity index (χ0n) is 15.2. The van der Waals surface area contributed by atoms with E-state index in [0.717, 1.165) is 41.9 Å². The zero-order valence-corrected chi connectivity index (χ0v) is 16.8. The lowest BCUT2D eigenvalue weighted by Gasteiger charge is -2.30. The van der Waals surface area contributed by atoms with E-state index in [1.165, 1.54) is 17.8 Å². The first-order valence-corrected chi connectivity index (χ1v) is 10.00. The summed E-state index contributed by atoms with van der Waals surface area (Å²) >= 11 is 1.49. The van der Waals surface area contributed by atoms with Gasteiger partial charge in [0.25, 0.3) is 0 Å². The van der Waals surface area contributed by atoms with Gasteiger partial charge >= 0.3 is 0 Å². The predicted octanol–water partition coefficient (Wildman–Crippen LogP) is 3.82. The number of hydrogen-bond donors (Lipinski definition) is 1. The summed E-state index contributed by atoms with van der Waals surface area (Å²) in [7, 11) is 0. The molecule has 1 aliphatic carbocycles. The Morgan fingerprint density at radius 1 is 1.41 bits per heavy atom. The number of amidine groups is 1. The van der Waals surface area contributed by atoms with E-state index >= 15 is 0 Å². The smallest absolute Gasteiger partial charge is 0.168 e. The molecule has 1 saturated carbocycles. The Balaban J connectivity index is 0.00000210. The second-order valence-electron chi connectivity index (χ2n) is 7.35. The lowest BCUT2D eigenvalue weighted by Crippen LogP contribution is -2.30. The number of carbonyl (C=O) groups excluding carboxylic acids is 1. The predicted molar refractivity (Wildman–Crippen MR) is 112 cm³/mol. The minimum Gasteiger partial charge on any atom is -0.379 e. The maximum absolute atomic E-state index is 14.5. The molecule has 1 atom stereocenters. The van der Waals surface area contributed by atoms with Crippen LogP contribution in [-0.4, -0.2) is 29.0 Å². The molecule has 1 fully saturated rings. The van der Waals surface area contributed by atoms with E-state index in [9.17, 15) is 9.18 Å². The van der Waals surface area contributed by atoms with Crippen LogP contribution in [0.3, 0.4) is 0 Å². The molecule has 0 saturated heterocycles. The summed E-state index contributed by atoms with van der Waals surface area (Å²) in [6, 6.07) is 4.91. The third-order valence-corrected chi connectivity index (χ3v) is 6.06. The highest BCUT2D eigenvalue weighted by atomic mass is 35.5. The molecule has 2 heterocycles. The summed E-state index contributed by atoms with van der Waals surface area (Å²) in [6.45, 7) is 2.51. The molecule has 1 aromatic carbocycles. The quantitative estimate of drug-likeness (QED) is 0.806. The van der Waals surface area contributed by atoms with Crippen LogP contribution in [0.25, 0.3) is 0 Å². The van der Waals surface area contributed by atoms with Crippen molar-refractivity contribution in [2.24, 2.45) is 21.6 Å². The fourth-order valence-corrected chi connectivity index (χ4v) is 4.62. The van der Waals surface area contributed by atoms with Crippen LogP contribution in [0.15, 0.2) is 39.8 Å². The summed E-state index contributed by atoms with van der Waals surface area (Å²) in [4.78, 5) is 21.7. The number of Topliss-reactive ketones (excluding diaryl/α,β-unsaturated/α-hetero) is 1. The first-order valence-electron chi connectivity index (χ1n) is 9.01. The third kappa shape index (κ3) is 4.11. The van der Waals surface area contributed by atoms with Crippen molar-refractivity contribution in [2.75, 3.05) is 12.3 Å². The van der Waals surface area contributed by atoms with Gasteiger partial charge in [-0.05, 0) is 43.9 Å². The highest BCUT2D eigenvalue weighted by Crippen LogP contribution is 2.37. The monoisotopic (exact) mass is 407 g/mol. The molecule has 0 amide bonds. The second-order valence-corrected chi connectivity index (χ2v) is 8.47. The van der Waals surface area contributed by atoms with Gasteiger partial charge in [0, 0.05) is 34.9 Å². The molecule has 0 bridgehead atoms. The molecule has 4 nitrogen and oxygen atoms in total. The topological polar surface area (TPSA) is 67.8 Å². The summed E-state index contributed by atoms with van der Waals surface area (Å²) in [5.41, 5.74) is 8.26. The highest BCUT2D eigenvalue weighted by Gasteiger charge is 2.34. The van der Waals surface area contributed by atoms with Crippen molar-refractivity contribution >= 4 is 40.8 Å². The number of ketones is 1. The minimum atomic E-state index is -0.675. The largest absolute Gasteiger partial charge is 0.379 e. The van der Waals surface area contributed by atoms with E-state index in [1.54, 1.807) is 12.1 Å². The summed E-state index contributed by atoms with van der Waals surface area (Å²) in [6.07, 6.45) is 5.15. The second kappa shape index (κ2) is 7.76. The lowest BCUT2D eigenvalue weighted by molar-refractivity contribution is -0.114. The van der Waals surface area contributed by atoms with Crippen LogP contribution in [0.5, 0.6) is 0 Å². The van der Waals surface area contributed by atoms with Gasteiger partial charge in [0.05, 0.1) is 12.1 Å². The van der Waals surface area contributed by atoms with Crippen LogP contribution in [0.1, 0.15) is 37.3 Å². The van der Waals surface area contributed by atoms with Gasteiger partial charge in [0.15, 0.2) is 11.0 Å². The Morgan fingerprint density at radius 3 is 2.89 bits per heavy atom. The molecule has 2 N–H and O–H groups in total. The highest BCUT2D eigenvalue weighted by molar-refractivity contribution is 8.13. The van der Waals surface area contributed by atoms with Crippen molar-refractivity contribution < 1.29 is 9.18 Å². The van der Waals surface area contributed by atoms with E-state index in [4.69, 9.17) is 5.73 Å². The van der Waals surface area contributed by atoms with Crippen LogP contribution < -0.4 is 5.73 Å². The summed E-state index contributed by atoms with van der Waals surface area (Å²) < 4.78 is 14.5. The van der Waals surface area contributed by atoms with E-state index in [2.05, 4.69) is 9.98 Å². The van der Waals surface area contributed by atoms with Gasteiger partial charge < -0.3 is 5.73 Å². The number of rotatable bonds is 5. The molecule has 1 aromatic rings. The first-order chi connectivity index (χ1) is 12.5. The Labute approximate surface area is 169 Å². The number of allylic oxidation sites excluding steroid dienone is 1.